The van der Waals surface area contributed by atoms with Crippen LogP contribution in [0.15, 0.2) is 24.3 Å². The normalized spacial score (nSPS) is 24.1. The average Bonchev–Trinajstić information content (AvgIpc) is 2.61. The number of β-amino-alcohol motifs (C(OH)–C–C–N with tert-alkyl or cyclic N) is 1. The van der Waals surface area contributed by atoms with E-state index in [0.717, 1.165) is 50.1 Å². The predicted octanol–water partition coefficient (Wildman–Crippen LogP) is 2.60. The minimum atomic E-state index is -0.567. The highest BCUT2D eigenvalue weighted by molar-refractivity contribution is 5.74. The van der Waals surface area contributed by atoms with Crippen LogP contribution in [0, 0.1) is 0 Å². The fraction of sp³-hybridized carbons (Fsp3) is 0.650. The molecule has 1 saturated heterocycles. The van der Waals surface area contributed by atoms with E-state index in [9.17, 15) is 9.90 Å². The number of rotatable bonds is 4. The molecule has 1 aromatic rings. The standard InChI is InChI=1S/C20H30N2O3/c1-16(23)22-13-12-21(15-20(24)10-6-3-7-11-20)14-18(22)17-8-4-5-9-19(17)25-2/h4-5,8-9,18,24H,3,6-7,10-15H2,1-2H3. The maximum absolute atomic E-state index is 12.2. The number of hydrogen-bond acceptors (Lipinski definition) is 4. The summed E-state index contributed by atoms with van der Waals surface area (Å²) in [4.78, 5) is 16.4. The predicted molar refractivity (Wildman–Crippen MR) is 97.6 cm³/mol. The van der Waals surface area contributed by atoms with Crippen molar-refractivity contribution in [2.75, 3.05) is 33.3 Å². The van der Waals surface area contributed by atoms with Gasteiger partial charge in [-0.3, -0.25) is 9.69 Å². The van der Waals surface area contributed by atoms with Gasteiger partial charge in [0.1, 0.15) is 5.75 Å². The lowest BCUT2D eigenvalue weighted by molar-refractivity contribution is -0.135. The Labute approximate surface area is 150 Å². The van der Waals surface area contributed by atoms with Crippen LogP contribution in [0.2, 0.25) is 0 Å². The molecule has 1 atom stereocenters. The second kappa shape index (κ2) is 7.75. The summed E-state index contributed by atoms with van der Waals surface area (Å²) >= 11 is 0. The Balaban J connectivity index is 1.79. The van der Waals surface area contributed by atoms with Gasteiger partial charge in [-0.25, -0.2) is 0 Å². The van der Waals surface area contributed by atoms with Gasteiger partial charge in [-0.2, -0.15) is 0 Å². The molecule has 3 rings (SSSR count). The molecule has 0 bridgehead atoms. The molecule has 5 nitrogen and oxygen atoms in total. The Bertz CT molecular complexity index is 598. The zero-order chi connectivity index (χ0) is 17.9. The minimum absolute atomic E-state index is 0.0328. The first kappa shape index (κ1) is 18.2. The number of carbonyl (C=O) groups excluding carboxylic acids is 1. The number of nitrogens with zero attached hydrogens (tertiary/aromatic N) is 2. The Hall–Kier alpha value is -1.59. The third-order valence-corrected chi connectivity index (χ3v) is 5.67. The molecule has 1 N–H and O–H groups in total. The number of carbonyl (C=O) groups is 1. The molecule has 1 heterocycles. The molecule has 5 heteroatoms. The van der Waals surface area contributed by atoms with E-state index in [4.69, 9.17) is 4.74 Å². The maximum Gasteiger partial charge on any atom is 0.220 e. The van der Waals surface area contributed by atoms with Crippen molar-refractivity contribution in [3.8, 4) is 5.75 Å². The van der Waals surface area contributed by atoms with Crippen molar-refractivity contribution in [3.63, 3.8) is 0 Å². The smallest absolute Gasteiger partial charge is 0.220 e. The largest absolute Gasteiger partial charge is 0.496 e. The van der Waals surface area contributed by atoms with E-state index in [0.29, 0.717) is 13.1 Å². The molecule has 0 spiro atoms. The van der Waals surface area contributed by atoms with E-state index in [2.05, 4.69) is 4.90 Å². The molecular formula is C20H30N2O3. The van der Waals surface area contributed by atoms with Crippen LogP contribution in [0.1, 0.15) is 50.6 Å². The van der Waals surface area contributed by atoms with Crippen LogP contribution in [-0.4, -0.2) is 59.7 Å². The molecular weight excluding hydrogens is 316 g/mol. The summed E-state index contributed by atoms with van der Waals surface area (Å²) in [5, 5.41) is 10.9. The number of ether oxygens (including phenoxy) is 1. The van der Waals surface area contributed by atoms with Crippen LogP contribution in [0.4, 0.5) is 0 Å². The van der Waals surface area contributed by atoms with Gasteiger partial charge in [0.15, 0.2) is 0 Å². The van der Waals surface area contributed by atoms with Crippen molar-refractivity contribution in [1.29, 1.82) is 0 Å². The third-order valence-electron chi connectivity index (χ3n) is 5.67. The molecule has 0 aromatic heterocycles. The summed E-state index contributed by atoms with van der Waals surface area (Å²) < 4.78 is 5.53. The lowest BCUT2D eigenvalue weighted by Crippen LogP contribution is -2.54. The first-order valence-corrected chi connectivity index (χ1v) is 9.37. The molecule has 0 radical (unpaired) electrons. The molecule has 1 amide bonds. The average molecular weight is 346 g/mol. The second-order valence-corrected chi connectivity index (χ2v) is 7.49. The van der Waals surface area contributed by atoms with Crippen LogP contribution in [-0.2, 0) is 4.79 Å². The Morgan fingerprint density at radius 2 is 1.96 bits per heavy atom. The lowest BCUT2D eigenvalue weighted by Gasteiger charge is -2.45. The molecule has 2 fully saturated rings. The summed E-state index contributed by atoms with van der Waals surface area (Å²) in [5.74, 6) is 0.906. The van der Waals surface area contributed by atoms with Crippen LogP contribution in [0.3, 0.4) is 0 Å². The van der Waals surface area contributed by atoms with E-state index in [1.165, 1.54) is 6.42 Å². The third kappa shape index (κ3) is 4.15. The van der Waals surface area contributed by atoms with E-state index in [-0.39, 0.29) is 11.9 Å². The number of benzene rings is 1. The van der Waals surface area contributed by atoms with Crippen LogP contribution in [0.5, 0.6) is 5.75 Å². The Morgan fingerprint density at radius 3 is 2.64 bits per heavy atom. The van der Waals surface area contributed by atoms with Gasteiger partial charge >= 0.3 is 0 Å². The monoisotopic (exact) mass is 346 g/mol. The molecule has 1 unspecified atom stereocenters. The van der Waals surface area contributed by atoms with Crippen molar-refractivity contribution in [1.82, 2.24) is 9.80 Å². The fourth-order valence-corrected chi connectivity index (χ4v) is 4.35. The minimum Gasteiger partial charge on any atom is -0.496 e. The van der Waals surface area contributed by atoms with Crippen LogP contribution >= 0.6 is 0 Å². The topological polar surface area (TPSA) is 53.0 Å². The summed E-state index contributed by atoms with van der Waals surface area (Å²) in [6.45, 7) is 4.57. The Morgan fingerprint density at radius 1 is 1.24 bits per heavy atom. The van der Waals surface area contributed by atoms with Crippen molar-refractivity contribution in [2.45, 2.75) is 50.7 Å². The van der Waals surface area contributed by atoms with Crippen molar-refractivity contribution >= 4 is 5.91 Å². The van der Waals surface area contributed by atoms with Gasteiger partial charge in [-0.05, 0) is 18.9 Å². The highest BCUT2D eigenvalue weighted by Crippen LogP contribution is 2.34. The highest BCUT2D eigenvalue weighted by atomic mass is 16.5. The van der Waals surface area contributed by atoms with Crippen LogP contribution in [0.25, 0.3) is 0 Å². The lowest BCUT2D eigenvalue weighted by atomic mass is 9.84. The van der Waals surface area contributed by atoms with Gasteiger partial charge in [0, 0.05) is 38.7 Å². The van der Waals surface area contributed by atoms with Gasteiger partial charge in [0.05, 0.1) is 18.8 Å². The van der Waals surface area contributed by atoms with Gasteiger partial charge in [0.2, 0.25) is 5.91 Å². The highest BCUT2D eigenvalue weighted by Gasteiger charge is 2.36. The van der Waals surface area contributed by atoms with E-state index >= 15 is 0 Å². The first-order chi connectivity index (χ1) is 12.0. The zero-order valence-corrected chi connectivity index (χ0v) is 15.4. The van der Waals surface area contributed by atoms with Crippen LogP contribution < -0.4 is 4.74 Å². The second-order valence-electron chi connectivity index (χ2n) is 7.49. The molecule has 1 saturated carbocycles. The number of methoxy groups -OCH3 is 1. The van der Waals surface area contributed by atoms with E-state index in [1.807, 2.05) is 29.2 Å². The zero-order valence-electron chi connectivity index (χ0n) is 15.4. The van der Waals surface area contributed by atoms with E-state index in [1.54, 1.807) is 14.0 Å². The molecule has 138 valence electrons. The quantitative estimate of drug-likeness (QED) is 0.910. The summed E-state index contributed by atoms with van der Waals surface area (Å²) in [6.07, 6.45) is 5.22. The molecule has 25 heavy (non-hydrogen) atoms. The number of piperazine rings is 1. The van der Waals surface area contributed by atoms with Gasteiger partial charge in [-0.15, -0.1) is 0 Å². The summed E-state index contributed by atoms with van der Waals surface area (Å²) in [5.41, 5.74) is 0.475. The number of para-hydroxylation sites is 1. The van der Waals surface area contributed by atoms with Gasteiger partial charge < -0.3 is 14.7 Å². The maximum atomic E-state index is 12.2. The van der Waals surface area contributed by atoms with Crippen molar-refractivity contribution in [3.05, 3.63) is 29.8 Å². The van der Waals surface area contributed by atoms with Gasteiger partial charge in [-0.1, -0.05) is 37.5 Å². The first-order valence-electron chi connectivity index (χ1n) is 9.37. The summed E-state index contributed by atoms with van der Waals surface area (Å²) in [6, 6.07) is 7.89. The number of hydrogen-bond donors (Lipinski definition) is 1. The molecule has 1 aliphatic heterocycles. The molecule has 1 aliphatic carbocycles. The molecule has 1 aromatic carbocycles. The Kier molecular flexibility index (Phi) is 5.64. The number of amides is 1. The SMILES string of the molecule is COc1ccccc1C1CN(CC2(O)CCCCC2)CCN1C(C)=O. The van der Waals surface area contributed by atoms with Gasteiger partial charge in [0.25, 0.3) is 0 Å². The fourth-order valence-electron chi connectivity index (χ4n) is 4.35. The van der Waals surface area contributed by atoms with Crippen molar-refractivity contribution < 1.29 is 14.6 Å². The van der Waals surface area contributed by atoms with Crippen molar-refractivity contribution in [2.24, 2.45) is 0 Å². The number of aliphatic hydroxyl groups is 1. The summed E-state index contributed by atoms with van der Waals surface area (Å²) in [7, 11) is 1.67. The molecule has 2 aliphatic rings. The van der Waals surface area contributed by atoms with E-state index < -0.39 is 5.60 Å².